The Kier molecular flexibility index (Phi) is 9.41. The molecule has 5 rings (SSSR count). The van der Waals surface area contributed by atoms with Gasteiger partial charge in [0.15, 0.2) is 22.7 Å². The Bertz CT molecular complexity index is 1680. The third-order valence-electron chi connectivity index (χ3n) is 5.83. The highest BCUT2D eigenvalue weighted by molar-refractivity contribution is 7.99. The van der Waals surface area contributed by atoms with Crippen LogP contribution in [0.3, 0.4) is 0 Å². The molecular formula is C28H25ClN6O5S2. The number of para-hydroxylation sites is 1. The lowest BCUT2D eigenvalue weighted by Crippen LogP contribution is -2.29. The second-order valence-electron chi connectivity index (χ2n) is 8.61. The number of methoxy groups -OCH3 is 2. The highest BCUT2D eigenvalue weighted by Gasteiger charge is 2.20. The molecule has 0 atom stereocenters. The number of carbonyl (C=O) groups excluding carboxylic acids is 2. The standard InChI is InChI=1S/C28H25ClN6O5S2/c1-38-19-11-12-22(39-2)21(13-19)35-24(14-30-25(36)15-40-18-9-7-17(29)8-10-18)33-34-28(35)41-16-26(37)32-27-31-20-5-3-4-6-23(20)42-27/h3-13H,14-16H2,1-2H3,(H,30,36)(H,31,32,37). The summed E-state index contributed by atoms with van der Waals surface area (Å²) in [7, 11) is 3.10. The molecule has 0 aliphatic rings. The zero-order chi connectivity index (χ0) is 29.5. The number of nitrogens with zero attached hydrogens (tertiary/aromatic N) is 4. The first kappa shape index (κ1) is 29.2. The van der Waals surface area contributed by atoms with Crippen molar-refractivity contribution >= 4 is 61.9 Å². The van der Waals surface area contributed by atoms with Gasteiger partial charge in [0, 0.05) is 11.1 Å². The smallest absolute Gasteiger partial charge is 0.258 e. The molecule has 42 heavy (non-hydrogen) atoms. The maximum atomic E-state index is 12.8. The van der Waals surface area contributed by atoms with Crippen LogP contribution in [0.25, 0.3) is 15.9 Å². The van der Waals surface area contributed by atoms with Gasteiger partial charge in [0.1, 0.15) is 17.2 Å². The van der Waals surface area contributed by atoms with Crippen LogP contribution in [0.1, 0.15) is 5.82 Å². The van der Waals surface area contributed by atoms with Crippen LogP contribution < -0.4 is 24.8 Å². The molecule has 3 aromatic carbocycles. The summed E-state index contributed by atoms with van der Waals surface area (Å²) in [4.78, 5) is 29.8. The lowest BCUT2D eigenvalue weighted by Gasteiger charge is -2.15. The van der Waals surface area contributed by atoms with Gasteiger partial charge in [0.2, 0.25) is 5.91 Å². The van der Waals surface area contributed by atoms with Gasteiger partial charge in [0.25, 0.3) is 5.91 Å². The highest BCUT2D eigenvalue weighted by Crippen LogP contribution is 2.32. The molecule has 0 aliphatic heterocycles. The van der Waals surface area contributed by atoms with Gasteiger partial charge in [-0.2, -0.15) is 0 Å². The predicted octanol–water partition coefficient (Wildman–Crippen LogP) is 4.97. The summed E-state index contributed by atoms with van der Waals surface area (Å²) in [6, 6.07) is 19.7. The molecule has 14 heteroatoms. The number of thiazole rings is 1. The van der Waals surface area contributed by atoms with Gasteiger partial charge in [-0.1, -0.05) is 46.8 Å². The third-order valence-corrected chi connectivity index (χ3v) is 7.96. The summed E-state index contributed by atoms with van der Waals surface area (Å²) >= 11 is 8.48. The molecule has 2 amide bonds. The number of fused-ring (bicyclic) bond motifs is 1. The Hall–Kier alpha value is -4.33. The van der Waals surface area contributed by atoms with Gasteiger partial charge >= 0.3 is 0 Å². The summed E-state index contributed by atoms with van der Waals surface area (Å²) < 4.78 is 19.2. The molecule has 5 aromatic rings. The minimum Gasteiger partial charge on any atom is -0.497 e. The quantitative estimate of drug-likeness (QED) is 0.185. The zero-order valence-corrected chi connectivity index (χ0v) is 24.9. The van der Waals surface area contributed by atoms with Crippen molar-refractivity contribution in [2.45, 2.75) is 11.7 Å². The van der Waals surface area contributed by atoms with Crippen molar-refractivity contribution < 1.29 is 23.8 Å². The molecule has 0 bridgehead atoms. The van der Waals surface area contributed by atoms with Gasteiger partial charge in [0.05, 0.1) is 42.4 Å². The lowest BCUT2D eigenvalue weighted by molar-refractivity contribution is -0.123. The number of hydrogen-bond acceptors (Lipinski definition) is 10. The van der Waals surface area contributed by atoms with E-state index in [1.807, 2.05) is 24.3 Å². The van der Waals surface area contributed by atoms with Crippen molar-refractivity contribution in [3.05, 3.63) is 77.6 Å². The van der Waals surface area contributed by atoms with Crippen LogP contribution in [-0.4, -0.2) is 58.1 Å². The molecule has 2 aromatic heterocycles. The number of carbonyl (C=O) groups is 2. The second-order valence-corrected chi connectivity index (χ2v) is 11.0. The summed E-state index contributed by atoms with van der Waals surface area (Å²) in [6.45, 7) is -0.166. The predicted molar refractivity (Wildman–Crippen MR) is 162 cm³/mol. The first-order valence-corrected chi connectivity index (χ1v) is 14.7. The summed E-state index contributed by atoms with van der Waals surface area (Å²) in [5.41, 5.74) is 1.40. The SMILES string of the molecule is COc1ccc(OC)c(-n2c(CNC(=O)COc3ccc(Cl)cc3)nnc2SCC(=O)Nc2nc3ccccc3s2)c1. The molecule has 0 saturated carbocycles. The van der Waals surface area contributed by atoms with Crippen LogP contribution in [0, 0.1) is 0 Å². The van der Waals surface area contributed by atoms with Crippen LogP contribution in [-0.2, 0) is 16.1 Å². The maximum absolute atomic E-state index is 12.8. The number of hydrogen-bond donors (Lipinski definition) is 2. The summed E-state index contributed by atoms with van der Waals surface area (Å²) in [6.07, 6.45) is 0. The number of aromatic nitrogens is 4. The van der Waals surface area contributed by atoms with Crippen LogP contribution in [0.2, 0.25) is 5.02 Å². The number of anilines is 1. The van der Waals surface area contributed by atoms with E-state index in [0.717, 1.165) is 10.2 Å². The Morgan fingerprint density at radius 3 is 2.52 bits per heavy atom. The number of benzene rings is 3. The number of nitrogens with one attached hydrogen (secondary N) is 2. The molecule has 0 unspecified atom stereocenters. The Labute approximate surface area is 254 Å². The lowest BCUT2D eigenvalue weighted by atomic mass is 10.2. The molecule has 2 heterocycles. The van der Waals surface area contributed by atoms with E-state index in [1.54, 1.807) is 61.3 Å². The molecular weight excluding hydrogens is 600 g/mol. The second kappa shape index (κ2) is 13.6. The topological polar surface area (TPSA) is 129 Å². The van der Waals surface area contributed by atoms with Gasteiger partial charge in [-0.15, -0.1) is 10.2 Å². The Morgan fingerprint density at radius 2 is 1.76 bits per heavy atom. The number of amides is 2. The fourth-order valence-electron chi connectivity index (χ4n) is 3.84. The van der Waals surface area contributed by atoms with Gasteiger partial charge < -0.3 is 24.8 Å². The normalized spacial score (nSPS) is 10.8. The largest absolute Gasteiger partial charge is 0.497 e. The van der Waals surface area contributed by atoms with Crippen molar-refractivity contribution in [1.29, 1.82) is 0 Å². The molecule has 0 aliphatic carbocycles. The van der Waals surface area contributed by atoms with E-state index in [4.69, 9.17) is 25.8 Å². The van der Waals surface area contributed by atoms with E-state index in [0.29, 0.717) is 44.1 Å². The van der Waals surface area contributed by atoms with Crippen LogP contribution in [0.5, 0.6) is 17.2 Å². The molecule has 11 nitrogen and oxygen atoms in total. The van der Waals surface area contributed by atoms with E-state index >= 15 is 0 Å². The van der Waals surface area contributed by atoms with Crippen LogP contribution in [0.15, 0.2) is 71.9 Å². The maximum Gasteiger partial charge on any atom is 0.258 e. The van der Waals surface area contributed by atoms with Crippen molar-refractivity contribution in [2.24, 2.45) is 0 Å². The summed E-state index contributed by atoms with van der Waals surface area (Å²) in [5.74, 6) is 1.46. The molecule has 0 fully saturated rings. The van der Waals surface area contributed by atoms with E-state index in [1.165, 1.54) is 23.1 Å². The summed E-state index contributed by atoms with van der Waals surface area (Å²) in [5, 5.41) is 15.8. The fourth-order valence-corrected chi connectivity index (χ4v) is 5.61. The Balaban J connectivity index is 1.31. The van der Waals surface area contributed by atoms with E-state index in [-0.39, 0.29) is 30.7 Å². The molecule has 0 spiro atoms. The first-order valence-electron chi connectivity index (χ1n) is 12.5. The Morgan fingerprint density at radius 1 is 0.976 bits per heavy atom. The molecule has 0 saturated heterocycles. The fraction of sp³-hybridized carbons (Fsp3) is 0.179. The average molecular weight is 625 g/mol. The number of thioether (sulfide) groups is 1. The van der Waals surface area contributed by atoms with Crippen LogP contribution in [0.4, 0.5) is 5.13 Å². The van der Waals surface area contributed by atoms with Gasteiger partial charge in [-0.3, -0.25) is 14.2 Å². The minimum atomic E-state index is -0.360. The number of ether oxygens (including phenoxy) is 3. The number of halogens is 1. The van der Waals surface area contributed by atoms with Crippen molar-refractivity contribution in [3.8, 4) is 22.9 Å². The van der Waals surface area contributed by atoms with E-state index < -0.39 is 0 Å². The van der Waals surface area contributed by atoms with E-state index in [2.05, 4.69) is 25.8 Å². The monoisotopic (exact) mass is 624 g/mol. The molecule has 2 N–H and O–H groups in total. The van der Waals surface area contributed by atoms with E-state index in [9.17, 15) is 9.59 Å². The third kappa shape index (κ3) is 7.11. The average Bonchev–Trinajstić information content (AvgIpc) is 3.61. The first-order chi connectivity index (χ1) is 20.4. The van der Waals surface area contributed by atoms with Crippen LogP contribution >= 0.6 is 34.7 Å². The highest BCUT2D eigenvalue weighted by atomic mass is 35.5. The van der Waals surface area contributed by atoms with Crippen molar-refractivity contribution in [2.75, 3.05) is 31.9 Å². The minimum absolute atomic E-state index is 0.0363. The van der Waals surface area contributed by atoms with Crippen molar-refractivity contribution in [3.63, 3.8) is 0 Å². The number of rotatable bonds is 12. The molecule has 0 radical (unpaired) electrons. The van der Waals surface area contributed by atoms with Gasteiger partial charge in [-0.25, -0.2) is 4.98 Å². The van der Waals surface area contributed by atoms with Crippen molar-refractivity contribution in [1.82, 2.24) is 25.1 Å². The molecule has 216 valence electrons. The zero-order valence-electron chi connectivity index (χ0n) is 22.5. The van der Waals surface area contributed by atoms with Gasteiger partial charge in [-0.05, 0) is 48.5 Å².